The maximum Gasteiger partial charge on any atom is 0.336 e. The van der Waals surface area contributed by atoms with Crippen LogP contribution in [0.4, 0.5) is 0 Å². The highest BCUT2D eigenvalue weighted by Gasteiger charge is 2.56. The number of aliphatic hydroxyl groups is 1. The van der Waals surface area contributed by atoms with E-state index >= 15 is 0 Å². The number of cyclic esters (lactones) is 1. The lowest BCUT2D eigenvalue weighted by Crippen LogP contribution is -2.51. The maximum absolute atomic E-state index is 13.6. The molecule has 0 aliphatic carbocycles. The first kappa shape index (κ1) is 23.2. The number of likely N-dealkylation sites (tertiary alicyclic amines) is 1. The lowest BCUT2D eigenvalue weighted by molar-refractivity contribution is -0.140. The van der Waals surface area contributed by atoms with Gasteiger partial charge in [-0.3, -0.25) is 9.69 Å². The van der Waals surface area contributed by atoms with Gasteiger partial charge in [0.25, 0.3) is 0 Å². The molecule has 0 radical (unpaired) electrons. The van der Waals surface area contributed by atoms with Crippen LogP contribution in [0.2, 0.25) is 0 Å². The molecular formula is C24H30N8O4. The number of ether oxygens (including phenoxy) is 1. The van der Waals surface area contributed by atoms with Crippen molar-refractivity contribution in [3.8, 4) is 5.82 Å². The van der Waals surface area contributed by atoms with Crippen molar-refractivity contribution < 1.29 is 19.4 Å². The molecule has 0 aromatic carbocycles. The number of tetrazole rings is 1. The van der Waals surface area contributed by atoms with E-state index in [1.165, 1.54) is 11.0 Å². The average molecular weight is 495 g/mol. The fraction of sp³-hybridized carbons (Fsp3) is 0.625. The molecule has 2 aromatic rings. The molecule has 12 nitrogen and oxygen atoms in total. The molecule has 36 heavy (non-hydrogen) atoms. The summed E-state index contributed by atoms with van der Waals surface area (Å²) >= 11 is 0. The van der Waals surface area contributed by atoms with Crippen LogP contribution in [0.15, 0.2) is 17.6 Å². The van der Waals surface area contributed by atoms with Gasteiger partial charge < -0.3 is 14.7 Å². The Hall–Kier alpha value is -3.25. The highest BCUT2D eigenvalue weighted by atomic mass is 16.5. The van der Waals surface area contributed by atoms with Gasteiger partial charge in [-0.15, -0.1) is 10.2 Å². The van der Waals surface area contributed by atoms with Crippen molar-refractivity contribution >= 4 is 11.9 Å². The van der Waals surface area contributed by atoms with Crippen LogP contribution < -0.4 is 0 Å². The van der Waals surface area contributed by atoms with Crippen molar-refractivity contribution in [2.75, 3.05) is 19.7 Å². The molecule has 2 unspecified atom stereocenters. The van der Waals surface area contributed by atoms with Gasteiger partial charge in [-0.1, -0.05) is 0 Å². The Morgan fingerprint density at radius 1 is 1.14 bits per heavy atom. The van der Waals surface area contributed by atoms with Crippen LogP contribution in [-0.2, 0) is 14.3 Å². The van der Waals surface area contributed by atoms with Gasteiger partial charge in [0, 0.05) is 30.7 Å². The minimum atomic E-state index is -0.790. The van der Waals surface area contributed by atoms with Gasteiger partial charge in [0.15, 0.2) is 5.82 Å². The number of hydrogen-bond acceptors (Lipinski definition) is 10. The molecule has 3 atom stereocenters. The van der Waals surface area contributed by atoms with Crippen LogP contribution in [0.25, 0.3) is 5.82 Å². The average Bonchev–Trinajstić information content (AvgIpc) is 3.61. The Morgan fingerprint density at radius 2 is 1.89 bits per heavy atom. The minimum Gasteiger partial charge on any atom is -0.456 e. The first-order valence-electron chi connectivity index (χ1n) is 12.5. The van der Waals surface area contributed by atoms with Crippen LogP contribution in [0.1, 0.15) is 62.0 Å². The highest BCUT2D eigenvalue weighted by Crippen LogP contribution is 2.52. The van der Waals surface area contributed by atoms with Crippen LogP contribution in [-0.4, -0.2) is 89.0 Å². The summed E-state index contributed by atoms with van der Waals surface area (Å²) in [6, 6.07) is 0.461. The highest BCUT2D eigenvalue weighted by molar-refractivity contribution is 5.94. The Morgan fingerprint density at radius 3 is 2.53 bits per heavy atom. The van der Waals surface area contributed by atoms with E-state index in [1.807, 2.05) is 13.8 Å². The number of nitrogens with zero attached hydrogens (tertiary/aromatic N) is 8. The predicted octanol–water partition coefficient (Wildman–Crippen LogP) is 0.779. The molecule has 1 N–H and O–H groups in total. The Labute approximate surface area is 208 Å². The van der Waals surface area contributed by atoms with Gasteiger partial charge in [0.2, 0.25) is 5.91 Å². The summed E-state index contributed by atoms with van der Waals surface area (Å²) in [6.45, 7) is 6.85. The molecule has 190 valence electrons. The molecule has 1 spiro atoms. The van der Waals surface area contributed by atoms with Crippen LogP contribution in [0.5, 0.6) is 0 Å². The summed E-state index contributed by atoms with van der Waals surface area (Å²) in [4.78, 5) is 29.6. The van der Waals surface area contributed by atoms with E-state index in [0.29, 0.717) is 30.2 Å². The Kier molecular flexibility index (Phi) is 5.41. The van der Waals surface area contributed by atoms with Gasteiger partial charge in [0.1, 0.15) is 19.0 Å². The van der Waals surface area contributed by atoms with E-state index < -0.39 is 11.5 Å². The monoisotopic (exact) mass is 494 g/mol. The Bertz CT molecular complexity index is 1250. The molecular weight excluding hydrogens is 464 g/mol. The van der Waals surface area contributed by atoms with E-state index in [1.54, 1.807) is 11.8 Å². The number of carbonyl (C=O) groups is 2. The summed E-state index contributed by atoms with van der Waals surface area (Å²) in [6.07, 6.45) is 5.04. The lowest BCUT2D eigenvalue weighted by Gasteiger charge is -2.44. The fourth-order valence-electron chi connectivity index (χ4n) is 6.63. The topological polar surface area (TPSA) is 139 Å². The first-order chi connectivity index (χ1) is 17.3. The summed E-state index contributed by atoms with van der Waals surface area (Å²) < 4.78 is 6.61. The van der Waals surface area contributed by atoms with Crippen molar-refractivity contribution in [2.24, 2.45) is 5.41 Å². The minimum absolute atomic E-state index is 0.128. The van der Waals surface area contributed by atoms with Gasteiger partial charge in [-0.25, -0.2) is 4.79 Å². The number of fused-ring (bicyclic) bond motifs is 2. The molecule has 1 amide bonds. The van der Waals surface area contributed by atoms with E-state index in [4.69, 9.17) is 4.74 Å². The van der Waals surface area contributed by atoms with Gasteiger partial charge >= 0.3 is 5.97 Å². The molecule has 3 saturated heterocycles. The van der Waals surface area contributed by atoms with Gasteiger partial charge in [0.05, 0.1) is 22.4 Å². The van der Waals surface area contributed by atoms with Gasteiger partial charge in [-0.05, 0) is 68.9 Å². The third-order valence-electron chi connectivity index (χ3n) is 8.74. The molecule has 0 saturated carbocycles. The zero-order valence-electron chi connectivity index (χ0n) is 20.7. The van der Waals surface area contributed by atoms with E-state index in [-0.39, 0.29) is 30.6 Å². The second kappa shape index (κ2) is 8.41. The number of hydrogen-bond donors (Lipinski definition) is 1. The second-order valence-corrected chi connectivity index (χ2v) is 10.6. The normalized spacial score (nSPS) is 29.1. The number of carbonyl (C=O) groups excluding carboxylic acids is 2. The fourth-order valence-corrected chi connectivity index (χ4v) is 6.63. The van der Waals surface area contributed by atoms with Crippen molar-refractivity contribution in [3.63, 3.8) is 0 Å². The molecule has 3 fully saturated rings. The molecule has 6 rings (SSSR count). The second-order valence-electron chi connectivity index (χ2n) is 10.6. The zero-order chi connectivity index (χ0) is 25.2. The van der Waals surface area contributed by atoms with Crippen LogP contribution in [0.3, 0.4) is 0 Å². The summed E-state index contributed by atoms with van der Waals surface area (Å²) in [5.41, 5.74) is 3.15. The molecule has 12 heteroatoms. The molecule has 4 aliphatic heterocycles. The van der Waals surface area contributed by atoms with E-state index in [0.717, 1.165) is 48.9 Å². The summed E-state index contributed by atoms with van der Waals surface area (Å²) in [7, 11) is 0. The Balaban J connectivity index is 1.18. The van der Waals surface area contributed by atoms with Gasteiger partial charge in [-0.2, -0.15) is 9.78 Å². The number of aromatic nitrogens is 6. The largest absolute Gasteiger partial charge is 0.456 e. The molecule has 2 aromatic heterocycles. The van der Waals surface area contributed by atoms with Crippen molar-refractivity contribution in [1.29, 1.82) is 0 Å². The quantitative estimate of drug-likeness (QED) is 0.593. The number of aliphatic hydroxyl groups excluding tert-OH is 1. The smallest absolute Gasteiger partial charge is 0.336 e. The molecule has 2 bridgehead atoms. The van der Waals surface area contributed by atoms with Crippen molar-refractivity contribution in [2.45, 2.75) is 71.1 Å². The molecule has 6 heterocycles. The number of rotatable bonds is 5. The number of piperidine rings is 1. The summed E-state index contributed by atoms with van der Waals surface area (Å²) in [5.74, 6) is 0.336. The molecule has 4 aliphatic rings. The lowest BCUT2D eigenvalue weighted by atomic mass is 9.73. The van der Waals surface area contributed by atoms with Crippen LogP contribution in [0, 0.1) is 19.3 Å². The van der Waals surface area contributed by atoms with E-state index in [9.17, 15) is 14.7 Å². The third-order valence-corrected chi connectivity index (χ3v) is 8.74. The maximum atomic E-state index is 13.6. The van der Waals surface area contributed by atoms with Crippen molar-refractivity contribution in [1.82, 2.24) is 40.2 Å². The number of amides is 1. The van der Waals surface area contributed by atoms with Crippen LogP contribution >= 0.6 is 0 Å². The van der Waals surface area contributed by atoms with Crippen molar-refractivity contribution in [3.05, 3.63) is 34.4 Å². The number of esters is 1. The zero-order valence-corrected chi connectivity index (χ0v) is 20.7. The predicted molar refractivity (Wildman–Crippen MR) is 124 cm³/mol. The van der Waals surface area contributed by atoms with E-state index in [2.05, 4.69) is 30.6 Å². The standard InChI is InChI=1S/C24H30N8O4/c1-13-14(2)21(32-12-25-28-29-32)27-26-20(13)19(33)10-31-16-4-5-17(31)9-24(8-16)6-7-30(23(24)35)18-11-36-22(34)15(18)3/h12,16-17,19,33H,4-11H2,1-3H3/t16?,17?,19-,24?/m1/s1. The first-order valence-corrected chi connectivity index (χ1v) is 12.5. The SMILES string of the molecule is CC1=C(N2CCC3(CC4CCC(C3)N4C[C@@H](O)c3nnc(-n4cnnn4)c(C)c3C)C2=O)COC1=O. The third kappa shape index (κ3) is 3.46. The summed E-state index contributed by atoms with van der Waals surface area (Å²) in [5, 5.41) is 31.0.